The Labute approximate surface area is 131 Å². The molecule has 1 heterocycles. The van der Waals surface area contributed by atoms with Gasteiger partial charge in [0.05, 0.1) is 4.92 Å². The molecule has 128 valence electrons. The molecule has 1 aliphatic heterocycles. The Morgan fingerprint density at radius 2 is 2.00 bits per heavy atom. The van der Waals surface area contributed by atoms with E-state index in [0.29, 0.717) is 25.2 Å². The molecule has 1 N–H and O–H groups in total. The van der Waals surface area contributed by atoms with Crippen molar-refractivity contribution in [1.82, 2.24) is 4.90 Å². The normalized spacial score (nSPS) is 18.8. The van der Waals surface area contributed by atoms with E-state index >= 15 is 0 Å². The van der Waals surface area contributed by atoms with E-state index in [-0.39, 0.29) is 18.5 Å². The Morgan fingerprint density at radius 1 is 1.39 bits per heavy atom. The first-order valence-electron chi connectivity index (χ1n) is 7.40. The van der Waals surface area contributed by atoms with E-state index in [1.54, 1.807) is 19.1 Å². The molecule has 0 radical (unpaired) electrons. The quantitative estimate of drug-likeness (QED) is 0.680. The van der Waals surface area contributed by atoms with Crippen molar-refractivity contribution >= 4 is 5.69 Å². The summed E-state index contributed by atoms with van der Waals surface area (Å²) in [5.74, 6) is -0.780. The molecule has 1 saturated heterocycles. The number of nitrogens with zero attached hydrogens (tertiary/aromatic N) is 2. The van der Waals surface area contributed by atoms with E-state index in [0.717, 1.165) is 5.56 Å². The van der Waals surface area contributed by atoms with Gasteiger partial charge in [-0.05, 0) is 44.3 Å². The molecule has 8 heteroatoms. The van der Waals surface area contributed by atoms with Gasteiger partial charge in [0.15, 0.2) is 6.10 Å². The predicted octanol–water partition coefficient (Wildman–Crippen LogP) is 3.04. The first kappa shape index (κ1) is 17.7. The van der Waals surface area contributed by atoms with Crippen molar-refractivity contribution in [3.8, 4) is 0 Å². The number of rotatable bonds is 4. The molecular formula is C15H19F3N2O3. The van der Waals surface area contributed by atoms with Crippen LogP contribution in [0.1, 0.15) is 24.0 Å². The average Bonchev–Trinajstić information content (AvgIpc) is 2.48. The van der Waals surface area contributed by atoms with Crippen LogP contribution in [0.4, 0.5) is 18.9 Å². The number of nitro groups is 1. The van der Waals surface area contributed by atoms with Crippen molar-refractivity contribution in [3.63, 3.8) is 0 Å². The highest BCUT2D eigenvalue weighted by Gasteiger charge is 2.44. The minimum Gasteiger partial charge on any atom is -0.383 e. The van der Waals surface area contributed by atoms with E-state index < -0.39 is 23.1 Å². The molecule has 0 aliphatic carbocycles. The molecule has 2 rings (SSSR count). The monoisotopic (exact) mass is 332 g/mol. The van der Waals surface area contributed by atoms with Crippen LogP contribution in [0.25, 0.3) is 0 Å². The lowest BCUT2D eigenvalue weighted by Crippen LogP contribution is -2.43. The molecule has 1 unspecified atom stereocenters. The Bertz CT molecular complexity index is 570. The number of aliphatic hydroxyl groups excluding tert-OH is 1. The summed E-state index contributed by atoms with van der Waals surface area (Å²) in [4.78, 5) is 12.5. The smallest absolute Gasteiger partial charge is 0.383 e. The van der Waals surface area contributed by atoms with Gasteiger partial charge in [-0.1, -0.05) is 12.1 Å². The molecule has 1 atom stereocenters. The van der Waals surface area contributed by atoms with Gasteiger partial charge in [0, 0.05) is 18.2 Å². The van der Waals surface area contributed by atoms with Gasteiger partial charge in [0.25, 0.3) is 5.69 Å². The van der Waals surface area contributed by atoms with Crippen LogP contribution < -0.4 is 0 Å². The third kappa shape index (κ3) is 4.20. The van der Waals surface area contributed by atoms with Crippen LogP contribution in [0.5, 0.6) is 0 Å². The Balaban J connectivity index is 1.97. The molecule has 1 aromatic carbocycles. The van der Waals surface area contributed by atoms with Gasteiger partial charge in [0.1, 0.15) is 0 Å². The van der Waals surface area contributed by atoms with E-state index in [2.05, 4.69) is 0 Å². The average molecular weight is 332 g/mol. The third-order valence-corrected chi connectivity index (χ3v) is 4.42. The summed E-state index contributed by atoms with van der Waals surface area (Å²) in [7, 11) is 0. The summed E-state index contributed by atoms with van der Waals surface area (Å²) in [5.41, 5.74) is 1.42. The first-order chi connectivity index (χ1) is 10.7. The maximum atomic E-state index is 12.5. The number of hydrogen-bond acceptors (Lipinski definition) is 4. The standard InChI is InChI=1S/C15H19F3N2O3/c1-10-12(3-2-4-13(10)20(22)23)9-19-7-5-11(6-8-19)14(21)15(16,17)18/h2-4,11,14,21H,5-9H2,1H3. The molecule has 1 aromatic rings. The maximum Gasteiger partial charge on any atom is 0.414 e. The van der Waals surface area contributed by atoms with Gasteiger partial charge in [0.2, 0.25) is 0 Å². The molecule has 1 fully saturated rings. The fraction of sp³-hybridized carbons (Fsp3) is 0.600. The van der Waals surface area contributed by atoms with Crippen LogP contribution >= 0.6 is 0 Å². The topological polar surface area (TPSA) is 66.6 Å². The molecular weight excluding hydrogens is 313 g/mol. The zero-order chi connectivity index (χ0) is 17.2. The molecule has 0 amide bonds. The SMILES string of the molecule is Cc1c(CN2CCC(C(O)C(F)(F)F)CC2)cccc1[N+](=O)[O-]. The number of alkyl halides is 3. The lowest BCUT2D eigenvalue weighted by Gasteiger charge is -2.34. The number of aliphatic hydroxyl groups is 1. The predicted molar refractivity (Wildman–Crippen MR) is 77.9 cm³/mol. The van der Waals surface area contributed by atoms with E-state index in [4.69, 9.17) is 0 Å². The van der Waals surface area contributed by atoms with Crippen molar-refractivity contribution in [2.75, 3.05) is 13.1 Å². The Morgan fingerprint density at radius 3 is 2.52 bits per heavy atom. The van der Waals surface area contributed by atoms with E-state index in [1.165, 1.54) is 6.07 Å². The Kier molecular flexibility index (Phi) is 5.26. The van der Waals surface area contributed by atoms with Gasteiger partial charge < -0.3 is 5.11 Å². The zero-order valence-electron chi connectivity index (χ0n) is 12.7. The van der Waals surface area contributed by atoms with Gasteiger partial charge in [-0.15, -0.1) is 0 Å². The molecule has 0 bridgehead atoms. The van der Waals surface area contributed by atoms with E-state index in [1.807, 2.05) is 4.90 Å². The number of hydrogen-bond donors (Lipinski definition) is 1. The van der Waals surface area contributed by atoms with Gasteiger partial charge in [-0.2, -0.15) is 13.2 Å². The summed E-state index contributed by atoms with van der Waals surface area (Å²) in [6.45, 7) is 3.00. The summed E-state index contributed by atoms with van der Waals surface area (Å²) in [6, 6.07) is 4.84. The summed E-state index contributed by atoms with van der Waals surface area (Å²) < 4.78 is 37.6. The van der Waals surface area contributed by atoms with Crippen LogP contribution in [-0.2, 0) is 6.54 Å². The minimum absolute atomic E-state index is 0.0462. The zero-order valence-corrected chi connectivity index (χ0v) is 12.7. The third-order valence-electron chi connectivity index (χ3n) is 4.42. The second-order valence-corrected chi connectivity index (χ2v) is 5.92. The van der Waals surface area contributed by atoms with Crippen LogP contribution in [0.3, 0.4) is 0 Å². The minimum atomic E-state index is -4.58. The molecule has 5 nitrogen and oxygen atoms in total. The lowest BCUT2D eigenvalue weighted by atomic mass is 9.90. The molecule has 0 aromatic heterocycles. The molecule has 0 saturated carbocycles. The van der Waals surface area contributed by atoms with E-state index in [9.17, 15) is 28.4 Å². The van der Waals surface area contributed by atoms with Crippen molar-refractivity contribution in [2.24, 2.45) is 5.92 Å². The summed E-state index contributed by atoms with van der Waals surface area (Å²) >= 11 is 0. The van der Waals surface area contributed by atoms with Gasteiger partial charge in [-0.25, -0.2) is 0 Å². The fourth-order valence-corrected chi connectivity index (χ4v) is 2.97. The van der Waals surface area contributed by atoms with Crippen molar-refractivity contribution in [3.05, 3.63) is 39.4 Å². The number of likely N-dealkylation sites (tertiary alicyclic amines) is 1. The van der Waals surface area contributed by atoms with Crippen molar-refractivity contribution in [2.45, 2.75) is 38.6 Å². The van der Waals surface area contributed by atoms with Crippen molar-refractivity contribution in [1.29, 1.82) is 0 Å². The molecule has 23 heavy (non-hydrogen) atoms. The van der Waals surface area contributed by atoms with Crippen LogP contribution in [0.15, 0.2) is 18.2 Å². The van der Waals surface area contributed by atoms with Crippen LogP contribution in [0, 0.1) is 23.0 Å². The highest BCUT2D eigenvalue weighted by Crippen LogP contribution is 2.32. The van der Waals surface area contributed by atoms with Gasteiger partial charge in [-0.3, -0.25) is 15.0 Å². The number of piperidine rings is 1. The number of halogens is 3. The molecule has 1 aliphatic rings. The van der Waals surface area contributed by atoms with Gasteiger partial charge >= 0.3 is 6.18 Å². The maximum absolute atomic E-state index is 12.5. The number of benzene rings is 1. The number of nitro benzene ring substituents is 1. The first-order valence-corrected chi connectivity index (χ1v) is 7.40. The fourth-order valence-electron chi connectivity index (χ4n) is 2.97. The van der Waals surface area contributed by atoms with Crippen LogP contribution in [0.2, 0.25) is 0 Å². The molecule has 0 spiro atoms. The lowest BCUT2D eigenvalue weighted by molar-refractivity contribution is -0.385. The van der Waals surface area contributed by atoms with Crippen molar-refractivity contribution < 1.29 is 23.2 Å². The highest BCUT2D eigenvalue weighted by atomic mass is 19.4. The van der Waals surface area contributed by atoms with Crippen LogP contribution in [-0.4, -0.2) is 40.3 Å². The largest absolute Gasteiger partial charge is 0.414 e. The highest BCUT2D eigenvalue weighted by molar-refractivity contribution is 5.44. The second-order valence-electron chi connectivity index (χ2n) is 5.92. The Hall–Kier alpha value is -1.67. The summed E-state index contributed by atoms with van der Waals surface area (Å²) in [6.07, 6.45) is -6.34. The summed E-state index contributed by atoms with van der Waals surface area (Å²) in [5, 5.41) is 20.2. The second kappa shape index (κ2) is 6.84.